The van der Waals surface area contributed by atoms with Gasteiger partial charge in [-0.15, -0.1) is 0 Å². The van der Waals surface area contributed by atoms with E-state index in [2.05, 4.69) is 12.2 Å². The lowest BCUT2D eigenvalue weighted by atomic mass is 10.0. The van der Waals surface area contributed by atoms with E-state index >= 15 is 0 Å². The van der Waals surface area contributed by atoms with Crippen molar-refractivity contribution in [2.75, 3.05) is 13.2 Å². The van der Waals surface area contributed by atoms with Crippen molar-refractivity contribution in [3.8, 4) is 22.6 Å². The lowest BCUT2D eigenvalue weighted by Gasteiger charge is -2.21. The summed E-state index contributed by atoms with van der Waals surface area (Å²) in [4.78, 5) is 14.6. The minimum atomic E-state index is 0.0931. The molecule has 1 N–H and O–H groups in total. The molecule has 1 heterocycles. The van der Waals surface area contributed by atoms with Crippen LogP contribution in [-0.4, -0.2) is 29.1 Å². The minimum Gasteiger partial charge on any atom is -0.504 e. The van der Waals surface area contributed by atoms with Crippen LogP contribution in [0.2, 0.25) is 5.02 Å². The van der Waals surface area contributed by atoms with Gasteiger partial charge >= 0.3 is 0 Å². The van der Waals surface area contributed by atoms with Gasteiger partial charge < -0.3 is 14.7 Å². The SMILES string of the molecule is O=C(CC1C=CCC1)N1CCOc2c(O)cc(-c3cccc(Cl)c3)cc2C1. The van der Waals surface area contributed by atoms with E-state index in [9.17, 15) is 9.90 Å². The van der Waals surface area contributed by atoms with E-state index in [1.54, 1.807) is 6.07 Å². The van der Waals surface area contributed by atoms with Gasteiger partial charge in [-0.05, 0) is 54.2 Å². The molecule has 0 saturated carbocycles. The van der Waals surface area contributed by atoms with Crippen molar-refractivity contribution in [1.82, 2.24) is 4.90 Å². The van der Waals surface area contributed by atoms with Crippen LogP contribution in [0.5, 0.6) is 11.5 Å². The molecule has 0 bridgehead atoms. The highest BCUT2D eigenvalue weighted by Crippen LogP contribution is 2.38. The summed E-state index contributed by atoms with van der Waals surface area (Å²) in [5, 5.41) is 11.1. The second-order valence-corrected chi connectivity index (χ2v) is 7.56. The standard InChI is InChI=1S/C22H22ClNO3/c23-19-7-3-6-16(12-19)17-11-18-14-24(8-9-27-22(18)20(25)13-17)21(26)10-15-4-1-2-5-15/h1,3-4,6-7,11-13,15,25H,2,5,8-10,14H2. The van der Waals surface area contributed by atoms with Gasteiger partial charge in [0.05, 0.1) is 6.54 Å². The molecule has 0 fully saturated rings. The van der Waals surface area contributed by atoms with Crippen molar-refractivity contribution >= 4 is 17.5 Å². The Hall–Kier alpha value is -2.46. The summed E-state index contributed by atoms with van der Waals surface area (Å²) in [7, 11) is 0. The molecule has 1 aliphatic heterocycles. The Morgan fingerprint density at radius 2 is 2.15 bits per heavy atom. The number of hydrogen-bond acceptors (Lipinski definition) is 3. The Balaban J connectivity index is 1.60. The molecule has 0 aromatic heterocycles. The first-order valence-electron chi connectivity index (χ1n) is 9.29. The highest BCUT2D eigenvalue weighted by atomic mass is 35.5. The van der Waals surface area contributed by atoms with Crippen LogP contribution < -0.4 is 4.74 Å². The quantitative estimate of drug-likeness (QED) is 0.775. The molecule has 27 heavy (non-hydrogen) atoms. The normalized spacial score (nSPS) is 18.7. The molecule has 140 valence electrons. The largest absolute Gasteiger partial charge is 0.504 e. The van der Waals surface area contributed by atoms with E-state index in [4.69, 9.17) is 16.3 Å². The number of phenols is 1. The zero-order valence-corrected chi connectivity index (χ0v) is 15.8. The fraction of sp³-hybridized carbons (Fsp3) is 0.318. The van der Waals surface area contributed by atoms with Gasteiger partial charge in [0.25, 0.3) is 0 Å². The third kappa shape index (κ3) is 3.96. The number of halogens is 1. The summed E-state index contributed by atoms with van der Waals surface area (Å²) in [6.07, 6.45) is 6.93. The Morgan fingerprint density at radius 1 is 1.26 bits per heavy atom. The number of aromatic hydroxyl groups is 1. The second-order valence-electron chi connectivity index (χ2n) is 7.13. The molecule has 4 nitrogen and oxygen atoms in total. The fourth-order valence-corrected chi connectivity index (χ4v) is 3.96. The molecule has 0 radical (unpaired) electrons. The Morgan fingerprint density at radius 3 is 2.93 bits per heavy atom. The molecule has 1 amide bonds. The summed E-state index contributed by atoms with van der Waals surface area (Å²) >= 11 is 6.10. The van der Waals surface area contributed by atoms with Crippen LogP contribution in [0.3, 0.4) is 0 Å². The van der Waals surface area contributed by atoms with Crippen LogP contribution in [0.4, 0.5) is 0 Å². The average molecular weight is 384 g/mol. The number of benzene rings is 2. The smallest absolute Gasteiger partial charge is 0.223 e. The number of carbonyl (C=O) groups is 1. The molecule has 4 rings (SSSR count). The molecule has 0 spiro atoms. The van der Waals surface area contributed by atoms with E-state index in [1.165, 1.54) is 0 Å². The number of carbonyl (C=O) groups excluding carboxylic acids is 1. The number of rotatable bonds is 3. The highest BCUT2D eigenvalue weighted by Gasteiger charge is 2.24. The third-order valence-corrected chi connectivity index (χ3v) is 5.41. The van der Waals surface area contributed by atoms with Gasteiger partial charge in [0, 0.05) is 23.6 Å². The summed E-state index contributed by atoms with van der Waals surface area (Å²) in [6.45, 7) is 1.34. The number of phenolic OH excluding ortho intramolecular Hbond substituents is 1. The summed E-state index contributed by atoms with van der Waals surface area (Å²) in [5.74, 6) is 1.04. The minimum absolute atomic E-state index is 0.0931. The lowest BCUT2D eigenvalue weighted by molar-refractivity contribution is -0.132. The van der Waals surface area contributed by atoms with Crippen LogP contribution in [-0.2, 0) is 11.3 Å². The zero-order valence-electron chi connectivity index (χ0n) is 15.0. The summed E-state index contributed by atoms with van der Waals surface area (Å²) < 4.78 is 5.76. The van der Waals surface area contributed by atoms with E-state index in [0.717, 1.165) is 29.5 Å². The van der Waals surface area contributed by atoms with Gasteiger partial charge in [0.15, 0.2) is 11.5 Å². The maximum absolute atomic E-state index is 12.8. The number of fused-ring (bicyclic) bond motifs is 1. The predicted octanol–water partition coefficient (Wildman–Crippen LogP) is 4.79. The Kier molecular flexibility index (Phi) is 5.08. The molecule has 1 aliphatic carbocycles. The van der Waals surface area contributed by atoms with Gasteiger partial charge in [-0.1, -0.05) is 35.9 Å². The van der Waals surface area contributed by atoms with Crippen molar-refractivity contribution in [3.05, 3.63) is 59.1 Å². The third-order valence-electron chi connectivity index (χ3n) is 5.17. The molecule has 1 unspecified atom stereocenters. The number of amides is 1. The zero-order chi connectivity index (χ0) is 18.8. The first-order chi connectivity index (χ1) is 13.1. The number of nitrogens with zero attached hydrogens (tertiary/aromatic N) is 1. The molecule has 1 atom stereocenters. The predicted molar refractivity (Wildman–Crippen MR) is 106 cm³/mol. The highest BCUT2D eigenvalue weighted by molar-refractivity contribution is 6.30. The Bertz CT molecular complexity index is 893. The van der Waals surface area contributed by atoms with E-state index in [-0.39, 0.29) is 11.7 Å². The number of ether oxygens (including phenoxy) is 1. The monoisotopic (exact) mass is 383 g/mol. The van der Waals surface area contributed by atoms with E-state index < -0.39 is 0 Å². The van der Waals surface area contributed by atoms with Crippen LogP contribution in [0.15, 0.2) is 48.6 Å². The van der Waals surface area contributed by atoms with E-state index in [1.807, 2.05) is 35.2 Å². The van der Waals surface area contributed by atoms with Gasteiger partial charge in [0.2, 0.25) is 5.91 Å². The van der Waals surface area contributed by atoms with Crippen molar-refractivity contribution in [2.45, 2.75) is 25.8 Å². The average Bonchev–Trinajstić information content (AvgIpc) is 3.05. The molecule has 2 aliphatic rings. The summed E-state index contributed by atoms with van der Waals surface area (Å²) in [5.41, 5.74) is 2.59. The molecule has 0 saturated heterocycles. The fourth-order valence-electron chi connectivity index (χ4n) is 3.77. The van der Waals surface area contributed by atoms with Crippen molar-refractivity contribution in [3.63, 3.8) is 0 Å². The van der Waals surface area contributed by atoms with E-state index in [0.29, 0.717) is 42.8 Å². The number of allylic oxidation sites excluding steroid dienone is 2. The lowest BCUT2D eigenvalue weighted by Crippen LogP contribution is -2.33. The van der Waals surface area contributed by atoms with Crippen molar-refractivity contribution < 1.29 is 14.6 Å². The van der Waals surface area contributed by atoms with Crippen LogP contribution in [0.25, 0.3) is 11.1 Å². The maximum atomic E-state index is 12.8. The van der Waals surface area contributed by atoms with Gasteiger partial charge in [-0.2, -0.15) is 0 Å². The van der Waals surface area contributed by atoms with Crippen molar-refractivity contribution in [1.29, 1.82) is 0 Å². The van der Waals surface area contributed by atoms with Gasteiger partial charge in [-0.3, -0.25) is 4.79 Å². The van der Waals surface area contributed by atoms with Crippen LogP contribution in [0, 0.1) is 5.92 Å². The van der Waals surface area contributed by atoms with Crippen LogP contribution >= 0.6 is 11.6 Å². The molecule has 2 aromatic rings. The number of hydrogen-bond donors (Lipinski definition) is 1. The first kappa shape index (κ1) is 17.9. The molecular weight excluding hydrogens is 362 g/mol. The first-order valence-corrected chi connectivity index (χ1v) is 9.67. The van der Waals surface area contributed by atoms with Crippen LogP contribution in [0.1, 0.15) is 24.8 Å². The van der Waals surface area contributed by atoms with Gasteiger partial charge in [-0.25, -0.2) is 0 Å². The Labute approximate surface area is 164 Å². The maximum Gasteiger partial charge on any atom is 0.223 e. The topological polar surface area (TPSA) is 49.8 Å². The molecule has 5 heteroatoms. The van der Waals surface area contributed by atoms with Gasteiger partial charge in [0.1, 0.15) is 6.61 Å². The molecular formula is C22H22ClNO3. The second kappa shape index (κ2) is 7.65. The molecule has 2 aromatic carbocycles. The summed E-state index contributed by atoms with van der Waals surface area (Å²) in [6, 6.07) is 11.2. The van der Waals surface area contributed by atoms with Crippen molar-refractivity contribution in [2.24, 2.45) is 5.92 Å².